The molecule has 1 amide bonds. The number of amides is 1. The number of oxime groups is 1. The van der Waals surface area contributed by atoms with E-state index < -0.39 is 5.60 Å². The summed E-state index contributed by atoms with van der Waals surface area (Å²) in [6.45, 7) is 5.01. The number of allylic oxidation sites excluding steroid dienone is 2. The number of aromatic nitrogens is 1. The quantitative estimate of drug-likeness (QED) is 0.488. The van der Waals surface area contributed by atoms with Crippen molar-refractivity contribution in [2.75, 3.05) is 6.61 Å². The number of carbonyl (C=O) groups excluding carboxylic acids is 1. The fourth-order valence-electron chi connectivity index (χ4n) is 7.82. The van der Waals surface area contributed by atoms with Gasteiger partial charge in [0.2, 0.25) is 0 Å². The predicted molar refractivity (Wildman–Crippen MR) is 135 cm³/mol. The Hall–Kier alpha value is -2.65. The number of fused-ring (bicyclic) bond motifs is 5. The standard InChI is InChI=1S/C29H37N3O3/c1-4-29(34)14-11-25-23-8-7-21-16-22(9-12-27(21,2)24(23)10-13-28(25,29)3)32-35-19-26(33)31-18-20-6-5-15-30-17-20/h1,5-6,15-17,23-25,34H,7-14,18-19H2,2-3H3,(H,31,33)/b32-22-/t23-,24+,25+,27+,28+,29-/m1/s1. The molecule has 5 rings (SSSR count). The van der Waals surface area contributed by atoms with Crippen LogP contribution in [0.4, 0.5) is 0 Å². The maximum absolute atomic E-state index is 12.1. The van der Waals surface area contributed by atoms with Crippen LogP contribution in [-0.2, 0) is 16.2 Å². The molecule has 6 atom stereocenters. The summed E-state index contributed by atoms with van der Waals surface area (Å²) in [7, 11) is 0. The van der Waals surface area contributed by atoms with Gasteiger partial charge in [-0.15, -0.1) is 6.42 Å². The molecule has 0 saturated heterocycles. The number of nitrogens with one attached hydrogen (secondary N) is 1. The minimum absolute atomic E-state index is 0.0900. The molecule has 1 heterocycles. The Morgan fingerprint density at radius 3 is 2.86 bits per heavy atom. The first-order valence-electron chi connectivity index (χ1n) is 13.0. The lowest BCUT2D eigenvalue weighted by atomic mass is 9.46. The molecule has 6 nitrogen and oxygen atoms in total. The van der Waals surface area contributed by atoms with Gasteiger partial charge in [0.1, 0.15) is 5.60 Å². The Kier molecular flexibility index (Phi) is 6.25. The van der Waals surface area contributed by atoms with Gasteiger partial charge in [0.15, 0.2) is 6.61 Å². The van der Waals surface area contributed by atoms with Crippen LogP contribution in [0.3, 0.4) is 0 Å². The van der Waals surface area contributed by atoms with Gasteiger partial charge in [0, 0.05) is 24.4 Å². The summed E-state index contributed by atoms with van der Waals surface area (Å²) in [4.78, 5) is 21.6. The zero-order chi connectivity index (χ0) is 24.7. The van der Waals surface area contributed by atoms with Crippen molar-refractivity contribution < 1.29 is 14.7 Å². The topological polar surface area (TPSA) is 83.8 Å². The van der Waals surface area contributed by atoms with Crippen molar-refractivity contribution in [1.82, 2.24) is 10.3 Å². The lowest BCUT2D eigenvalue weighted by Crippen LogP contribution is -2.54. The van der Waals surface area contributed by atoms with Crippen LogP contribution in [0.15, 0.2) is 41.3 Å². The second-order valence-electron chi connectivity index (χ2n) is 11.5. The summed E-state index contributed by atoms with van der Waals surface area (Å²) in [5.41, 5.74) is 2.41. The van der Waals surface area contributed by atoms with E-state index >= 15 is 0 Å². The van der Waals surface area contributed by atoms with Gasteiger partial charge in [-0.05, 0) is 92.2 Å². The molecule has 186 valence electrons. The maximum Gasteiger partial charge on any atom is 0.261 e. The Morgan fingerprint density at radius 1 is 1.26 bits per heavy atom. The van der Waals surface area contributed by atoms with E-state index in [-0.39, 0.29) is 23.3 Å². The monoisotopic (exact) mass is 475 g/mol. The molecular formula is C29H37N3O3. The van der Waals surface area contributed by atoms with Crippen LogP contribution in [-0.4, -0.2) is 33.9 Å². The second kappa shape index (κ2) is 9.09. The van der Waals surface area contributed by atoms with Gasteiger partial charge in [-0.25, -0.2) is 0 Å². The highest BCUT2D eigenvalue weighted by Gasteiger charge is 2.63. The van der Waals surface area contributed by atoms with E-state index in [1.165, 1.54) is 5.57 Å². The maximum atomic E-state index is 12.1. The lowest BCUT2D eigenvalue weighted by Gasteiger charge is -2.58. The van der Waals surface area contributed by atoms with Crippen LogP contribution in [0.1, 0.15) is 70.8 Å². The van der Waals surface area contributed by atoms with Crippen molar-refractivity contribution in [3.63, 3.8) is 0 Å². The second-order valence-corrected chi connectivity index (χ2v) is 11.5. The van der Waals surface area contributed by atoms with E-state index in [2.05, 4.69) is 41.3 Å². The molecule has 4 aliphatic rings. The molecule has 0 spiro atoms. The van der Waals surface area contributed by atoms with E-state index in [4.69, 9.17) is 11.3 Å². The summed E-state index contributed by atoms with van der Waals surface area (Å²) in [6, 6.07) is 3.77. The first-order valence-corrected chi connectivity index (χ1v) is 13.0. The van der Waals surface area contributed by atoms with Gasteiger partial charge in [-0.1, -0.05) is 36.6 Å². The number of carbonyl (C=O) groups is 1. The smallest absolute Gasteiger partial charge is 0.261 e. The Labute approximate surface area is 208 Å². The van der Waals surface area contributed by atoms with Crippen molar-refractivity contribution in [3.05, 3.63) is 41.7 Å². The van der Waals surface area contributed by atoms with Crippen LogP contribution < -0.4 is 5.32 Å². The average molecular weight is 476 g/mol. The summed E-state index contributed by atoms with van der Waals surface area (Å²) in [5, 5.41) is 18.3. The molecule has 1 aromatic heterocycles. The molecule has 0 radical (unpaired) electrons. The van der Waals surface area contributed by atoms with Crippen LogP contribution in [0.5, 0.6) is 0 Å². The molecular weight excluding hydrogens is 438 g/mol. The third-order valence-electron chi connectivity index (χ3n) is 9.96. The van der Waals surface area contributed by atoms with E-state index in [0.29, 0.717) is 24.3 Å². The predicted octanol–water partition coefficient (Wildman–Crippen LogP) is 4.40. The summed E-state index contributed by atoms with van der Waals surface area (Å²) < 4.78 is 0. The minimum Gasteiger partial charge on any atom is -0.385 e. The fourth-order valence-corrected chi connectivity index (χ4v) is 7.82. The van der Waals surface area contributed by atoms with Crippen LogP contribution >= 0.6 is 0 Å². The molecule has 0 bridgehead atoms. The number of hydrogen-bond donors (Lipinski definition) is 2. The third kappa shape index (κ3) is 4.08. The number of pyridine rings is 1. The number of rotatable bonds is 5. The lowest BCUT2D eigenvalue weighted by molar-refractivity contribution is -0.125. The average Bonchev–Trinajstić information content (AvgIpc) is 3.14. The summed E-state index contributed by atoms with van der Waals surface area (Å²) in [6.07, 6.45) is 19.5. The highest BCUT2D eigenvalue weighted by Crippen LogP contribution is 2.67. The van der Waals surface area contributed by atoms with Crippen molar-refractivity contribution in [2.24, 2.45) is 33.7 Å². The Balaban J connectivity index is 1.21. The highest BCUT2D eigenvalue weighted by molar-refractivity contribution is 5.96. The minimum atomic E-state index is -0.951. The number of nitrogens with zero attached hydrogens (tertiary/aromatic N) is 2. The van der Waals surface area contributed by atoms with Crippen LogP contribution in [0, 0.1) is 40.9 Å². The molecule has 0 unspecified atom stereocenters. The van der Waals surface area contributed by atoms with Crippen molar-refractivity contribution in [2.45, 2.75) is 77.4 Å². The highest BCUT2D eigenvalue weighted by atomic mass is 16.6. The van der Waals surface area contributed by atoms with E-state index in [9.17, 15) is 9.90 Å². The molecule has 2 N–H and O–H groups in total. The molecule has 4 aliphatic carbocycles. The van der Waals surface area contributed by atoms with Gasteiger partial charge in [-0.2, -0.15) is 0 Å². The number of hydrogen-bond acceptors (Lipinski definition) is 5. The fraction of sp³-hybridized carbons (Fsp3) is 0.621. The molecule has 35 heavy (non-hydrogen) atoms. The van der Waals surface area contributed by atoms with Gasteiger partial charge < -0.3 is 15.3 Å². The SMILES string of the molecule is C#C[C@@]1(O)CC[C@H]2[C@@H]3CCC4=C/C(=N\OCC(=O)NCc5cccnc5)CC[C@]4(C)[C@H]3CC[C@@]21C. The molecule has 1 aromatic rings. The molecule has 0 aromatic carbocycles. The normalized spacial score (nSPS) is 39.0. The summed E-state index contributed by atoms with van der Waals surface area (Å²) in [5.74, 6) is 4.33. The van der Waals surface area contributed by atoms with E-state index in [1.807, 2.05) is 12.1 Å². The van der Waals surface area contributed by atoms with Gasteiger partial charge in [0.25, 0.3) is 5.91 Å². The van der Waals surface area contributed by atoms with E-state index in [1.54, 1.807) is 12.4 Å². The third-order valence-corrected chi connectivity index (χ3v) is 9.96. The number of terminal acetylenes is 1. The van der Waals surface area contributed by atoms with Crippen LogP contribution in [0.2, 0.25) is 0 Å². The first-order chi connectivity index (χ1) is 16.8. The van der Waals surface area contributed by atoms with Gasteiger partial charge >= 0.3 is 0 Å². The summed E-state index contributed by atoms with van der Waals surface area (Å²) >= 11 is 0. The van der Waals surface area contributed by atoms with Crippen molar-refractivity contribution in [1.29, 1.82) is 0 Å². The van der Waals surface area contributed by atoms with Crippen molar-refractivity contribution >= 4 is 11.6 Å². The number of aliphatic hydroxyl groups is 1. The first kappa shape index (κ1) is 24.1. The Bertz CT molecular complexity index is 1080. The molecule has 3 fully saturated rings. The zero-order valence-corrected chi connectivity index (χ0v) is 20.9. The molecule has 6 heteroatoms. The van der Waals surface area contributed by atoms with Gasteiger partial charge in [0.05, 0.1) is 5.71 Å². The largest absolute Gasteiger partial charge is 0.385 e. The van der Waals surface area contributed by atoms with Gasteiger partial charge in [-0.3, -0.25) is 9.78 Å². The Morgan fingerprint density at radius 2 is 2.09 bits per heavy atom. The van der Waals surface area contributed by atoms with Crippen molar-refractivity contribution in [3.8, 4) is 12.3 Å². The zero-order valence-electron chi connectivity index (χ0n) is 20.9. The van der Waals surface area contributed by atoms with E-state index in [0.717, 1.165) is 62.6 Å². The molecule has 0 aliphatic heterocycles. The molecule has 3 saturated carbocycles. The van der Waals surface area contributed by atoms with Crippen LogP contribution in [0.25, 0.3) is 0 Å².